The van der Waals surface area contributed by atoms with Crippen molar-refractivity contribution < 1.29 is 13.5 Å². The van der Waals surface area contributed by atoms with Gasteiger partial charge in [0.1, 0.15) is 10.6 Å². The van der Waals surface area contributed by atoms with Gasteiger partial charge in [-0.25, -0.2) is 8.42 Å². The zero-order valence-corrected chi connectivity index (χ0v) is 16.8. The van der Waals surface area contributed by atoms with Crippen molar-refractivity contribution in [2.24, 2.45) is 5.92 Å². The average Bonchev–Trinajstić information content (AvgIpc) is 2.62. The number of sulfone groups is 1. The number of nitrogens with zero attached hydrogens (tertiary/aromatic N) is 1. The van der Waals surface area contributed by atoms with Crippen LogP contribution in [-0.4, -0.2) is 49.3 Å². The largest absolute Gasteiger partial charge is 0.508 e. The van der Waals surface area contributed by atoms with Crippen molar-refractivity contribution in [2.45, 2.75) is 42.0 Å². The third-order valence-electron chi connectivity index (χ3n) is 7.22. The molecule has 3 atom stereocenters. The third kappa shape index (κ3) is 2.42. The van der Waals surface area contributed by atoms with Gasteiger partial charge in [0.2, 0.25) is 0 Å². The minimum absolute atomic E-state index is 0.133. The summed E-state index contributed by atoms with van der Waals surface area (Å²) in [5.74, 6) is 0.599. The molecule has 2 aliphatic carbocycles. The molecule has 2 bridgehead atoms. The zero-order chi connectivity index (χ0) is 19.8. The molecule has 3 unspecified atom stereocenters. The molecule has 28 heavy (non-hydrogen) atoms. The molecule has 0 amide bonds. The second kappa shape index (κ2) is 5.70. The highest BCUT2D eigenvalue weighted by molar-refractivity contribution is 7.90. The summed E-state index contributed by atoms with van der Waals surface area (Å²) in [5, 5.41) is 10.2. The first kappa shape index (κ1) is 17.9. The Kier molecular flexibility index (Phi) is 3.65. The fraction of sp³-hybridized carbons (Fsp3) is 0.476. The van der Waals surface area contributed by atoms with Crippen LogP contribution in [0.15, 0.2) is 34.0 Å². The number of aromatic hydroxyl groups is 1. The standard InChI is InChI=1S/C21H24N2O4S/c1-23-6-5-21-11-17-13(9-19(20(25)22-17)28(2,26)27)7-16(21)18(23)8-12-3-4-14(24)10-15(12)21/h3-4,9-10,16,18,24H,5-8,11H2,1-2H3,(H,22,25). The number of aromatic amines is 1. The van der Waals surface area contributed by atoms with Crippen molar-refractivity contribution in [3.05, 3.63) is 57.0 Å². The molecule has 148 valence electrons. The van der Waals surface area contributed by atoms with Crippen molar-refractivity contribution in [2.75, 3.05) is 19.8 Å². The van der Waals surface area contributed by atoms with Gasteiger partial charge in [0.25, 0.3) is 5.56 Å². The summed E-state index contributed by atoms with van der Waals surface area (Å²) < 4.78 is 24.0. The number of benzene rings is 1. The Morgan fingerprint density at radius 3 is 2.75 bits per heavy atom. The molecule has 0 saturated carbocycles. The van der Waals surface area contributed by atoms with Gasteiger partial charge in [-0.3, -0.25) is 4.79 Å². The van der Waals surface area contributed by atoms with Crippen LogP contribution in [0.4, 0.5) is 0 Å². The lowest BCUT2D eigenvalue weighted by Gasteiger charge is -2.58. The van der Waals surface area contributed by atoms with Gasteiger partial charge in [-0.05, 0) is 80.1 Å². The van der Waals surface area contributed by atoms with E-state index >= 15 is 0 Å². The smallest absolute Gasteiger partial charge is 0.266 e. The highest BCUT2D eigenvalue weighted by Gasteiger charge is 2.54. The van der Waals surface area contributed by atoms with E-state index in [1.54, 1.807) is 12.1 Å². The predicted octanol–water partition coefficient (Wildman–Crippen LogP) is 1.40. The highest BCUT2D eigenvalue weighted by atomic mass is 32.2. The summed E-state index contributed by atoms with van der Waals surface area (Å²) in [6.07, 6.45) is 4.37. The van der Waals surface area contributed by atoms with Crippen LogP contribution in [0.3, 0.4) is 0 Å². The maximum atomic E-state index is 12.4. The maximum absolute atomic E-state index is 12.4. The third-order valence-corrected chi connectivity index (χ3v) is 8.32. The maximum Gasteiger partial charge on any atom is 0.266 e. The summed E-state index contributed by atoms with van der Waals surface area (Å²) in [6, 6.07) is 7.64. The van der Waals surface area contributed by atoms with E-state index in [1.807, 2.05) is 12.1 Å². The number of pyridine rings is 1. The molecule has 1 aliphatic heterocycles. The topological polar surface area (TPSA) is 90.5 Å². The number of H-pyrrole nitrogens is 1. The number of phenolic OH excluding ortho intramolecular Hbond substituents is 1. The summed E-state index contributed by atoms with van der Waals surface area (Å²) in [6.45, 7) is 0.969. The Labute approximate surface area is 164 Å². The van der Waals surface area contributed by atoms with Gasteiger partial charge in [0.05, 0.1) is 0 Å². The number of hydrogen-bond acceptors (Lipinski definition) is 5. The lowest BCUT2D eigenvalue weighted by Crippen LogP contribution is -2.61. The van der Waals surface area contributed by atoms with E-state index < -0.39 is 15.4 Å². The van der Waals surface area contributed by atoms with Crippen molar-refractivity contribution >= 4 is 9.84 Å². The van der Waals surface area contributed by atoms with E-state index in [0.717, 1.165) is 43.3 Å². The monoisotopic (exact) mass is 400 g/mol. The van der Waals surface area contributed by atoms with Gasteiger partial charge < -0.3 is 15.0 Å². The SMILES string of the molecule is CN1CCC23Cc4[nH]c(=O)c(S(C)(=O)=O)cc4CC2C1Cc1ccc(O)cc13. The Morgan fingerprint density at radius 2 is 2.00 bits per heavy atom. The number of hydrogen-bond donors (Lipinski definition) is 2. The van der Waals surface area contributed by atoms with E-state index in [2.05, 4.69) is 16.9 Å². The fourth-order valence-corrected chi connectivity index (χ4v) is 6.61. The Balaban J connectivity index is 1.72. The van der Waals surface area contributed by atoms with E-state index in [-0.39, 0.29) is 16.1 Å². The van der Waals surface area contributed by atoms with Crippen LogP contribution in [-0.2, 0) is 34.5 Å². The number of likely N-dealkylation sites (N-methyl/N-ethyl adjacent to an activating group) is 1. The van der Waals surface area contributed by atoms with Crippen LogP contribution in [0.1, 0.15) is 28.8 Å². The average molecular weight is 401 g/mol. The van der Waals surface area contributed by atoms with Crippen molar-refractivity contribution in [3.8, 4) is 5.75 Å². The van der Waals surface area contributed by atoms with Crippen molar-refractivity contribution in [1.29, 1.82) is 0 Å². The van der Waals surface area contributed by atoms with E-state index in [9.17, 15) is 18.3 Å². The van der Waals surface area contributed by atoms with Crippen molar-refractivity contribution in [3.63, 3.8) is 0 Å². The lowest BCUT2D eigenvalue weighted by atomic mass is 9.52. The molecule has 1 aromatic heterocycles. The molecule has 3 aliphatic rings. The number of likely N-dealkylation sites (tertiary alicyclic amines) is 1. The van der Waals surface area contributed by atoms with Gasteiger partial charge in [0.15, 0.2) is 9.84 Å². The summed E-state index contributed by atoms with van der Waals surface area (Å²) in [7, 11) is -1.41. The van der Waals surface area contributed by atoms with Crippen molar-refractivity contribution in [1.82, 2.24) is 9.88 Å². The molecule has 2 heterocycles. The number of nitrogens with one attached hydrogen (secondary N) is 1. The Hall–Kier alpha value is -2.12. The molecule has 6 nitrogen and oxygen atoms in total. The Morgan fingerprint density at radius 1 is 1.21 bits per heavy atom. The molecule has 0 radical (unpaired) electrons. The molecular formula is C21H24N2O4S. The number of fused-ring (bicyclic) bond motifs is 2. The lowest BCUT2D eigenvalue weighted by molar-refractivity contribution is 0.0233. The first-order valence-corrected chi connectivity index (χ1v) is 11.6. The van der Waals surface area contributed by atoms with E-state index in [4.69, 9.17) is 0 Å². The van der Waals surface area contributed by atoms with E-state index in [1.165, 1.54) is 11.1 Å². The Bertz CT molecular complexity index is 1150. The molecule has 0 spiro atoms. The minimum Gasteiger partial charge on any atom is -0.508 e. The summed E-state index contributed by atoms with van der Waals surface area (Å²) >= 11 is 0. The number of phenols is 1. The second-order valence-electron chi connectivity index (χ2n) is 8.73. The van der Waals surface area contributed by atoms with Gasteiger partial charge in [-0.2, -0.15) is 0 Å². The molecule has 1 saturated heterocycles. The van der Waals surface area contributed by atoms with Crippen LogP contribution in [0, 0.1) is 5.92 Å². The van der Waals surface area contributed by atoms with Crippen LogP contribution >= 0.6 is 0 Å². The van der Waals surface area contributed by atoms with Crippen LogP contribution in [0.2, 0.25) is 0 Å². The molecule has 5 rings (SSSR count). The number of piperidine rings is 1. The second-order valence-corrected chi connectivity index (χ2v) is 10.7. The normalized spacial score (nSPS) is 28.9. The first-order valence-electron chi connectivity index (χ1n) is 9.67. The van der Waals surface area contributed by atoms with Crippen LogP contribution in [0.25, 0.3) is 0 Å². The van der Waals surface area contributed by atoms with E-state index in [0.29, 0.717) is 18.4 Å². The van der Waals surface area contributed by atoms with Crippen LogP contribution in [0.5, 0.6) is 5.75 Å². The zero-order valence-electron chi connectivity index (χ0n) is 16.0. The van der Waals surface area contributed by atoms with Gasteiger partial charge in [0, 0.05) is 23.4 Å². The minimum atomic E-state index is -3.57. The predicted molar refractivity (Wildman–Crippen MR) is 106 cm³/mol. The number of aromatic nitrogens is 1. The molecular weight excluding hydrogens is 376 g/mol. The number of rotatable bonds is 1. The van der Waals surface area contributed by atoms with Crippen LogP contribution < -0.4 is 5.56 Å². The summed E-state index contributed by atoms with van der Waals surface area (Å²) in [5.41, 5.74) is 3.57. The quantitative estimate of drug-likeness (QED) is 0.755. The summed E-state index contributed by atoms with van der Waals surface area (Å²) in [4.78, 5) is 17.6. The molecule has 1 fully saturated rings. The fourth-order valence-electron chi connectivity index (χ4n) is 5.87. The molecule has 2 N–H and O–H groups in total. The molecule has 7 heteroatoms. The highest BCUT2D eigenvalue weighted by Crippen LogP contribution is 2.54. The first-order chi connectivity index (χ1) is 13.2. The van der Waals surface area contributed by atoms with Gasteiger partial charge >= 0.3 is 0 Å². The molecule has 1 aromatic carbocycles. The molecule has 2 aromatic rings. The van der Waals surface area contributed by atoms with Gasteiger partial charge in [-0.1, -0.05) is 6.07 Å². The van der Waals surface area contributed by atoms with Gasteiger partial charge in [-0.15, -0.1) is 0 Å².